The summed E-state index contributed by atoms with van der Waals surface area (Å²) in [5.74, 6) is 1.90. The zero-order chi connectivity index (χ0) is 10.4. The second-order valence-corrected chi connectivity index (χ2v) is 4.85. The summed E-state index contributed by atoms with van der Waals surface area (Å²) in [6.07, 6.45) is 4.06. The molecule has 0 aromatic carbocycles. The van der Waals surface area contributed by atoms with Crippen LogP contribution in [0.15, 0.2) is 12.1 Å². The summed E-state index contributed by atoms with van der Waals surface area (Å²) in [4.78, 5) is 6.99. The molecule has 0 spiro atoms. The largest absolute Gasteiger partial charge is 0.396 e. The van der Waals surface area contributed by atoms with Gasteiger partial charge in [-0.05, 0) is 44.2 Å². The predicted octanol–water partition coefficient (Wildman–Crippen LogP) is 1.96. The molecular weight excluding hydrogens is 186 g/mol. The van der Waals surface area contributed by atoms with Crippen molar-refractivity contribution in [3.63, 3.8) is 0 Å². The van der Waals surface area contributed by atoms with Gasteiger partial charge in [-0.1, -0.05) is 0 Å². The Labute approximate surface area is 90.3 Å². The Bertz CT molecular complexity index is 388. The lowest BCUT2D eigenvalue weighted by Crippen LogP contribution is -2.33. The van der Waals surface area contributed by atoms with Gasteiger partial charge in [0.05, 0.1) is 5.69 Å². The minimum atomic E-state index is 0.701. The van der Waals surface area contributed by atoms with Gasteiger partial charge in [-0.25, -0.2) is 4.98 Å². The van der Waals surface area contributed by atoms with Gasteiger partial charge in [-0.2, -0.15) is 0 Å². The van der Waals surface area contributed by atoms with E-state index in [-0.39, 0.29) is 0 Å². The third kappa shape index (κ3) is 1.37. The van der Waals surface area contributed by atoms with E-state index in [1.165, 1.54) is 19.3 Å². The average Bonchev–Trinajstić information content (AvgIpc) is 2.83. The highest BCUT2D eigenvalue weighted by Gasteiger charge is 2.38. The zero-order valence-electron chi connectivity index (χ0n) is 9.11. The van der Waals surface area contributed by atoms with Gasteiger partial charge in [-0.15, -0.1) is 0 Å². The van der Waals surface area contributed by atoms with Gasteiger partial charge in [0.25, 0.3) is 0 Å². The number of aromatic nitrogens is 1. The molecule has 2 unspecified atom stereocenters. The molecule has 2 atom stereocenters. The van der Waals surface area contributed by atoms with Crippen molar-refractivity contribution in [3.8, 4) is 0 Å². The Hall–Kier alpha value is -1.25. The van der Waals surface area contributed by atoms with Crippen molar-refractivity contribution in [2.45, 2.75) is 32.2 Å². The highest BCUT2D eigenvalue weighted by atomic mass is 15.3. The summed E-state index contributed by atoms with van der Waals surface area (Å²) < 4.78 is 0. The molecule has 3 rings (SSSR count). The van der Waals surface area contributed by atoms with Crippen LogP contribution in [0.4, 0.5) is 11.5 Å². The summed E-state index contributed by atoms with van der Waals surface area (Å²) in [5, 5.41) is 0. The zero-order valence-corrected chi connectivity index (χ0v) is 9.11. The normalized spacial score (nSPS) is 28.7. The monoisotopic (exact) mass is 203 g/mol. The van der Waals surface area contributed by atoms with Crippen molar-refractivity contribution in [1.29, 1.82) is 0 Å². The topological polar surface area (TPSA) is 42.1 Å². The van der Waals surface area contributed by atoms with Crippen LogP contribution in [0.1, 0.15) is 25.0 Å². The molecule has 2 heterocycles. The number of hydrogen-bond donors (Lipinski definition) is 1. The quantitative estimate of drug-likeness (QED) is 0.758. The molecule has 2 N–H and O–H groups in total. The molecule has 1 saturated carbocycles. The fraction of sp³-hybridized carbons (Fsp3) is 0.583. The standard InChI is InChI=1S/C12H17N3/c1-8-2-5-11(13)12(14-8)15-7-9-3-4-10(15)6-9/h2,5,9-10H,3-4,6-7,13H2,1H3. The van der Waals surface area contributed by atoms with Crippen LogP contribution in [0.25, 0.3) is 0 Å². The molecule has 0 amide bonds. The molecule has 80 valence electrons. The van der Waals surface area contributed by atoms with Gasteiger partial charge in [0.1, 0.15) is 0 Å². The minimum absolute atomic E-state index is 0.701. The number of piperidine rings is 1. The molecule has 2 bridgehead atoms. The van der Waals surface area contributed by atoms with Gasteiger partial charge in [0.2, 0.25) is 0 Å². The van der Waals surface area contributed by atoms with Crippen molar-refractivity contribution in [1.82, 2.24) is 4.98 Å². The van der Waals surface area contributed by atoms with Gasteiger partial charge in [-0.3, -0.25) is 0 Å². The number of anilines is 2. The maximum atomic E-state index is 6.00. The van der Waals surface area contributed by atoms with Crippen LogP contribution in [0, 0.1) is 12.8 Å². The predicted molar refractivity (Wildman–Crippen MR) is 61.9 cm³/mol. The number of fused-ring (bicyclic) bond motifs is 2. The molecule has 15 heavy (non-hydrogen) atoms. The second-order valence-electron chi connectivity index (χ2n) is 4.85. The Morgan fingerprint density at radius 2 is 2.27 bits per heavy atom. The number of nitrogens with two attached hydrogens (primary N) is 1. The Kier molecular flexibility index (Phi) is 1.87. The molecule has 2 aliphatic rings. The lowest BCUT2D eigenvalue weighted by atomic mass is 10.1. The first-order valence-electron chi connectivity index (χ1n) is 5.74. The molecular formula is C12H17N3. The van der Waals surface area contributed by atoms with Crippen molar-refractivity contribution in [2.24, 2.45) is 5.92 Å². The molecule has 1 saturated heterocycles. The van der Waals surface area contributed by atoms with Crippen molar-refractivity contribution < 1.29 is 0 Å². The third-order valence-electron chi connectivity index (χ3n) is 3.73. The van der Waals surface area contributed by atoms with Gasteiger partial charge >= 0.3 is 0 Å². The summed E-state index contributed by atoms with van der Waals surface area (Å²) >= 11 is 0. The number of nitrogen functional groups attached to an aromatic ring is 1. The van der Waals surface area contributed by atoms with Crippen LogP contribution in [0.2, 0.25) is 0 Å². The highest BCUT2D eigenvalue weighted by Crippen LogP contribution is 2.41. The van der Waals surface area contributed by atoms with E-state index in [4.69, 9.17) is 5.73 Å². The smallest absolute Gasteiger partial charge is 0.152 e. The van der Waals surface area contributed by atoms with Crippen molar-refractivity contribution in [2.75, 3.05) is 17.2 Å². The van der Waals surface area contributed by atoms with Crippen LogP contribution in [0.3, 0.4) is 0 Å². The minimum Gasteiger partial charge on any atom is -0.396 e. The van der Waals surface area contributed by atoms with Crippen LogP contribution in [-0.4, -0.2) is 17.6 Å². The van der Waals surface area contributed by atoms with Gasteiger partial charge in [0.15, 0.2) is 5.82 Å². The first-order chi connectivity index (χ1) is 7.24. The van der Waals surface area contributed by atoms with E-state index in [0.29, 0.717) is 6.04 Å². The van der Waals surface area contributed by atoms with Crippen LogP contribution in [0.5, 0.6) is 0 Å². The summed E-state index contributed by atoms with van der Waals surface area (Å²) in [7, 11) is 0. The fourth-order valence-corrected chi connectivity index (χ4v) is 2.97. The van der Waals surface area contributed by atoms with Gasteiger partial charge in [0, 0.05) is 18.3 Å². The maximum Gasteiger partial charge on any atom is 0.152 e. The van der Waals surface area contributed by atoms with Crippen LogP contribution < -0.4 is 10.6 Å². The number of pyridine rings is 1. The van der Waals surface area contributed by atoms with E-state index < -0.39 is 0 Å². The fourth-order valence-electron chi connectivity index (χ4n) is 2.97. The van der Waals surface area contributed by atoms with Crippen LogP contribution >= 0.6 is 0 Å². The first kappa shape index (κ1) is 9.01. The summed E-state index contributed by atoms with van der Waals surface area (Å²) in [5.41, 5.74) is 7.88. The molecule has 1 aromatic rings. The first-order valence-corrected chi connectivity index (χ1v) is 5.74. The summed E-state index contributed by atoms with van der Waals surface area (Å²) in [6, 6.07) is 4.66. The average molecular weight is 203 g/mol. The third-order valence-corrected chi connectivity index (χ3v) is 3.73. The Morgan fingerprint density at radius 3 is 2.93 bits per heavy atom. The van der Waals surface area contributed by atoms with E-state index in [2.05, 4.69) is 9.88 Å². The molecule has 1 aliphatic heterocycles. The number of hydrogen-bond acceptors (Lipinski definition) is 3. The summed E-state index contributed by atoms with van der Waals surface area (Å²) in [6.45, 7) is 3.18. The second kappa shape index (κ2) is 3.12. The number of aryl methyl sites for hydroxylation is 1. The van der Waals surface area contributed by atoms with E-state index in [0.717, 1.165) is 29.7 Å². The highest BCUT2D eigenvalue weighted by molar-refractivity contribution is 5.64. The molecule has 2 fully saturated rings. The molecule has 3 nitrogen and oxygen atoms in total. The molecule has 1 aliphatic carbocycles. The molecule has 0 radical (unpaired) electrons. The van der Waals surface area contributed by atoms with Gasteiger partial charge < -0.3 is 10.6 Å². The van der Waals surface area contributed by atoms with E-state index in [9.17, 15) is 0 Å². The SMILES string of the molecule is Cc1ccc(N)c(N2CC3CCC2C3)n1. The van der Waals surface area contributed by atoms with E-state index in [1.807, 2.05) is 19.1 Å². The molecule has 3 heteroatoms. The maximum absolute atomic E-state index is 6.00. The van der Waals surface area contributed by atoms with E-state index >= 15 is 0 Å². The lowest BCUT2D eigenvalue weighted by molar-refractivity contribution is 0.550. The van der Waals surface area contributed by atoms with Crippen LogP contribution in [-0.2, 0) is 0 Å². The Balaban J connectivity index is 1.96. The number of rotatable bonds is 1. The van der Waals surface area contributed by atoms with E-state index in [1.54, 1.807) is 0 Å². The number of nitrogens with zero attached hydrogens (tertiary/aromatic N) is 2. The van der Waals surface area contributed by atoms with Crippen molar-refractivity contribution in [3.05, 3.63) is 17.8 Å². The molecule has 1 aromatic heterocycles. The van der Waals surface area contributed by atoms with Crippen molar-refractivity contribution >= 4 is 11.5 Å². The lowest BCUT2D eigenvalue weighted by Gasteiger charge is -2.29. The Morgan fingerprint density at radius 1 is 1.40 bits per heavy atom.